The normalized spacial score (nSPS) is 15.8. The van der Waals surface area contributed by atoms with E-state index in [1.165, 1.54) is 18.3 Å². The maximum absolute atomic E-state index is 12.2. The zero-order chi connectivity index (χ0) is 14.9. The summed E-state index contributed by atoms with van der Waals surface area (Å²) in [7, 11) is -4.04. The molecule has 0 bridgehead atoms. The standard InChI is InChI=1S/C12H12N2O5S/c1-3-19-12(16)8(2)7-14-11(15)9-5-4-6-13-10(9)20(14,17)18/h4-6H,2-3,7H2,1H3. The second-order valence-corrected chi connectivity index (χ2v) is 5.77. The van der Waals surface area contributed by atoms with Gasteiger partial charge in [-0.05, 0) is 19.1 Å². The Balaban J connectivity index is 2.30. The van der Waals surface area contributed by atoms with Crippen LogP contribution in [-0.2, 0) is 19.6 Å². The van der Waals surface area contributed by atoms with Gasteiger partial charge in [-0.25, -0.2) is 14.1 Å². The van der Waals surface area contributed by atoms with Crippen LogP contribution in [-0.4, -0.2) is 42.7 Å². The van der Waals surface area contributed by atoms with Crippen molar-refractivity contribution in [1.82, 2.24) is 9.29 Å². The molecule has 0 atom stereocenters. The number of esters is 1. The minimum absolute atomic E-state index is 0.0100. The number of sulfonamides is 1. The van der Waals surface area contributed by atoms with Crippen LogP contribution in [0.25, 0.3) is 0 Å². The van der Waals surface area contributed by atoms with Crippen LogP contribution in [0.5, 0.6) is 0 Å². The van der Waals surface area contributed by atoms with Gasteiger partial charge in [0.15, 0.2) is 5.03 Å². The van der Waals surface area contributed by atoms with E-state index in [0.717, 1.165) is 0 Å². The third kappa shape index (κ3) is 2.18. The molecular weight excluding hydrogens is 284 g/mol. The molecule has 0 fully saturated rings. The fourth-order valence-electron chi connectivity index (χ4n) is 1.73. The van der Waals surface area contributed by atoms with Crippen molar-refractivity contribution in [3.8, 4) is 0 Å². The summed E-state index contributed by atoms with van der Waals surface area (Å²) in [6.07, 6.45) is 1.29. The van der Waals surface area contributed by atoms with Crippen LogP contribution in [0.2, 0.25) is 0 Å². The highest BCUT2D eigenvalue weighted by Gasteiger charge is 2.42. The number of aromatic nitrogens is 1. The predicted molar refractivity (Wildman–Crippen MR) is 68.2 cm³/mol. The maximum atomic E-state index is 12.2. The molecule has 0 radical (unpaired) electrons. The molecule has 1 aromatic heterocycles. The number of amides is 1. The molecule has 0 unspecified atom stereocenters. The number of hydrogen-bond acceptors (Lipinski definition) is 6. The second kappa shape index (κ2) is 5.04. The van der Waals surface area contributed by atoms with Crippen molar-refractivity contribution in [2.75, 3.05) is 13.2 Å². The first kappa shape index (κ1) is 14.2. The van der Waals surface area contributed by atoms with E-state index in [-0.39, 0.29) is 22.8 Å². The molecule has 0 aromatic carbocycles. The smallest absolute Gasteiger partial charge is 0.335 e. The first-order valence-electron chi connectivity index (χ1n) is 5.76. The highest BCUT2D eigenvalue weighted by molar-refractivity contribution is 7.90. The van der Waals surface area contributed by atoms with Crippen LogP contribution in [0.15, 0.2) is 35.5 Å². The van der Waals surface area contributed by atoms with E-state index in [1.54, 1.807) is 6.92 Å². The van der Waals surface area contributed by atoms with Crippen molar-refractivity contribution in [3.63, 3.8) is 0 Å². The van der Waals surface area contributed by atoms with Gasteiger partial charge in [0.25, 0.3) is 15.9 Å². The fourth-order valence-corrected chi connectivity index (χ4v) is 3.21. The van der Waals surface area contributed by atoms with Crippen molar-refractivity contribution < 1.29 is 22.7 Å². The molecule has 1 aliphatic heterocycles. The van der Waals surface area contributed by atoms with Crippen molar-refractivity contribution in [2.24, 2.45) is 0 Å². The highest BCUT2D eigenvalue weighted by Crippen LogP contribution is 2.28. The number of nitrogens with zero attached hydrogens (tertiary/aromatic N) is 2. The maximum Gasteiger partial charge on any atom is 0.335 e. The molecule has 0 saturated carbocycles. The van der Waals surface area contributed by atoms with Crippen molar-refractivity contribution in [1.29, 1.82) is 0 Å². The molecule has 2 rings (SSSR count). The summed E-state index contributed by atoms with van der Waals surface area (Å²) in [6, 6.07) is 2.84. The number of rotatable bonds is 4. The Morgan fingerprint density at radius 2 is 2.20 bits per heavy atom. The summed E-state index contributed by atoms with van der Waals surface area (Å²) >= 11 is 0. The molecule has 0 N–H and O–H groups in total. The number of pyridine rings is 1. The molecule has 0 saturated heterocycles. The Morgan fingerprint density at radius 3 is 2.80 bits per heavy atom. The number of carbonyl (C=O) groups is 2. The van der Waals surface area contributed by atoms with Crippen LogP contribution in [0, 0.1) is 0 Å². The molecule has 0 aliphatic carbocycles. The quantitative estimate of drug-likeness (QED) is 0.587. The van der Waals surface area contributed by atoms with Crippen molar-refractivity contribution in [2.45, 2.75) is 11.9 Å². The van der Waals surface area contributed by atoms with Crippen molar-refractivity contribution in [3.05, 3.63) is 36.0 Å². The lowest BCUT2D eigenvalue weighted by Gasteiger charge is -2.15. The van der Waals surface area contributed by atoms with Gasteiger partial charge in [-0.2, -0.15) is 8.42 Å². The van der Waals surface area contributed by atoms with E-state index in [2.05, 4.69) is 11.6 Å². The van der Waals surface area contributed by atoms with E-state index in [9.17, 15) is 18.0 Å². The topological polar surface area (TPSA) is 93.6 Å². The van der Waals surface area contributed by atoms with Crippen LogP contribution in [0.3, 0.4) is 0 Å². The van der Waals surface area contributed by atoms with Gasteiger partial charge in [-0.3, -0.25) is 4.79 Å². The Bertz CT molecular complexity index is 696. The monoisotopic (exact) mass is 296 g/mol. The van der Waals surface area contributed by atoms with Gasteiger partial charge >= 0.3 is 5.97 Å². The van der Waals surface area contributed by atoms with Gasteiger partial charge in [-0.1, -0.05) is 6.58 Å². The largest absolute Gasteiger partial charge is 0.463 e. The number of hydrogen-bond donors (Lipinski definition) is 0. The van der Waals surface area contributed by atoms with Crippen molar-refractivity contribution >= 4 is 21.9 Å². The molecule has 106 valence electrons. The lowest BCUT2D eigenvalue weighted by molar-refractivity contribution is -0.138. The van der Waals surface area contributed by atoms with Crippen LogP contribution in [0.4, 0.5) is 0 Å². The molecule has 2 heterocycles. The van der Waals surface area contributed by atoms with Crippen LogP contribution in [0.1, 0.15) is 17.3 Å². The minimum atomic E-state index is -4.04. The fraction of sp³-hybridized carbons (Fsp3) is 0.250. The van der Waals surface area contributed by atoms with E-state index < -0.39 is 28.4 Å². The average Bonchev–Trinajstić information content (AvgIpc) is 2.61. The molecule has 1 aliphatic rings. The molecule has 8 heteroatoms. The second-order valence-electron chi connectivity index (χ2n) is 4.00. The number of ether oxygens (including phenoxy) is 1. The van der Waals surface area contributed by atoms with Gasteiger partial charge < -0.3 is 4.74 Å². The van der Waals surface area contributed by atoms with Crippen LogP contribution < -0.4 is 0 Å². The molecule has 7 nitrogen and oxygen atoms in total. The molecule has 1 amide bonds. The number of carbonyl (C=O) groups excluding carboxylic acids is 2. The highest BCUT2D eigenvalue weighted by atomic mass is 32.2. The Hall–Kier alpha value is -2.22. The third-order valence-electron chi connectivity index (χ3n) is 2.66. The number of fused-ring (bicyclic) bond motifs is 1. The first-order valence-corrected chi connectivity index (χ1v) is 7.20. The van der Waals surface area contributed by atoms with E-state index in [1.807, 2.05) is 0 Å². The Kier molecular flexibility index (Phi) is 3.58. The summed E-state index contributed by atoms with van der Waals surface area (Å²) < 4.78 is 29.6. The minimum Gasteiger partial charge on any atom is -0.463 e. The van der Waals surface area contributed by atoms with E-state index >= 15 is 0 Å². The van der Waals surface area contributed by atoms with Crippen LogP contribution >= 0.6 is 0 Å². The van der Waals surface area contributed by atoms with Gasteiger partial charge in [0.2, 0.25) is 0 Å². The molecule has 20 heavy (non-hydrogen) atoms. The zero-order valence-electron chi connectivity index (χ0n) is 10.7. The van der Waals surface area contributed by atoms with Gasteiger partial charge in [0.05, 0.1) is 24.3 Å². The summed E-state index contributed by atoms with van der Waals surface area (Å²) in [6.45, 7) is 4.75. The lowest BCUT2D eigenvalue weighted by Crippen LogP contribution is -2.33. The van der Waals surface area contributed by atoms with E-state index in [4.69, 9.17) is 4.74 Å². The van der Waals surface area contributed by atoms with Gasteiger partial charge in [0, 0.05) is 6.20 Å². The van der Waals surface area contributed by atoms with Gasteiger partial charge in [-0.15, -0.1) is 0 Å². The average molecular weight is 296 g/mol. The first-order chi connectivity index (χ1) is 9.39. The molecule has 0 spiro atoms. The summed E-state index contributed by atoms with van der Waals surface area (Å²) in [5.41, 5.74) is -0.124. The zero-order valence-corrected chi connectivity index (χ0v) is 11.5. The Morgan fingerprint density at radius 1 is 1.50 bits per heavy atom. The van der Waals surface area contributed by atoms with Gasteiger partial charge in [0.1, 0.15) is 0 Å². The summed E-state index contributed by atoms with van der Waals surface area (Å²) in [5.74, 6) is -1.46. The Labute approximate surface area is 115 Å². The molecular formula is C12H12N2O5S. The molecule has 1 aromatic rings. The lowest BCUT2D eigenvalue weighted by atomic mass is 10.2. The third-order valence-corrected chi connectivity index (χ3v) is 4.35. The SMILES string of the molecule is C=C(CN1C(=O)c2cccnc2S1(=O)=O)C(=O)OCC. The summed E-state index contributed by atoms with van der Waals surface area (Å²) in [4.78, 5) is 27.2. The summed E-state index contributed by atoms with van der Waals surface area (Å²) in [5, 5.41) is -0.304. The predicted octanol–water partition coefficient (Wildman–Crippen LogP) is 0.345. The van der Waals surface area contributed by atoms with E-state index in [0.29, 0.717) is 4.31 Å².